The van der Waals surface area contributed by atoms with E-state index in [1.165, 1.54) is 18.2 Å². The molecule has 0 fully saturated rings. The Morgan fingerprint density at radius 3 is 2.61 bits per heavy atom. The largest absolute Gasteiger partial charge is 0.595 e. The number of ether oxygens (including phenoxy) is 1. The Kier molecular flexibility index (Phi) is 7.21. The Bertz CT molecular complexity index is 842. The monoisotopic (exact) mass is 392 g/mol. The zero-order valence-electron chi connectivity index (χ0n) is 15.2. The van der Waals surface area contributed by atoms with Gasteiger partial charge in [-0.1, -0.05) is 17.5 Å². The number of hydrogen-bond acceptors (Lipinski definition) is 9. The number of dihydropyridines is 1. The highest BCUT2D eigenvalue weighted by Gasteiger charge is 2.34. The van der Waals surface area contributed by atoms with Crippen LogP contribution in [0.3, 0.4) is 0 Å². The second-order valence-electron chi connectivity index (χ2n) is 5.93. The third-order valence-electron chi connectivity index (χ3n) is 4.11. The summed E-state index contributed by atoms with van der Waals surface area (Å²) in [6.45, 7) is 2.68. The Labute approximate surface area is 160 Å². The van der Waals surface area contributed by atoms with Crippen molar-refractivity contribution in [1.29, 1.82) is 5.26 Å². The van der Waals surface area contributed by atoms with E-state index in [0.717, 1.165) is 0 Å². The Balaban J connectivity index is 2.38. The van der Waals surface area contributed by atoms with Crippen LogP contribution < -0.4 is 15.9 Å². The molecule has 0 radical (unpaired) electrons. The molecular formula is C17H20N4O7. The number of nitrogens with one attached hydrogen (secondary N) is 3. The molecular weight excluding hydrogens is 372 g/mol. The number of rotatable bonds is 7. The molecule has 1 heterocycles. The molecule has 11 heteroatoms. The van der Waals surface area contributed by atoms with Gasteiger partial charge < -0.3 is 20.5 Å². The van der Waals surface area contributed by atoms with Crippen molar-refractivity contribution < 1.29 is 35.4 Å². The highest BCUT2D eigenvalue weighted by Crippen LogP contribution is 2.38. The molecule has 2 unspecified atom stereocenters. The molecule has 2 rings (SSSR count). The van der Waals surface area contributed by atoms with Crippen LogP contribution in [0.5, 0.6) is 0 Å². The van der Waals surface area contributed by atoms with Crippen LogP contribution in [0, 0.1) is 21.7 Å². The maximum Gasteiger partial charge on any atom is 0.336 e. The lowest BCUT2D eigenvalue weighted by molar-refractivity contribution is -1.21. The Hall–Kier alpha value is -2.82. The number of carbonyl (C=O) groups is 1. The number of carbonyl (C=O) groups excluding carboxylic acids is 1. The quantitative estimate of drug-likeness (QED) is 0.224. The SMILES string of the molecule is CC1=C(C#N)[C@@H](c2cccc([NH+]([O-])O)c2)C(C(=O)OCCO[NH+]([O-])O)=C(C)N1. The number of quaternary nitrogens is 2. The van der Waals surface area contributed by atoms with Crippen molar-refractivity contribution in [2.24, 2.45) is 0 Å². The Morgan fingerprint density at radius 1 is 1.29 bits per heavy atom. The van der Waals surface area contributed by atoms with E-state index in [9.17, 15) is 25.7 Å². The maximum atomic E-state index is 12.7. The minimum absolute atomic E-state index is 0.0196. The molecule has 1 aliphatic rings. The van der Waals surface area contributed by atoms with Gasteiger partial charge in [-0.15, -0.1) is 0 Å². The van der Waals surface area contributed by atoms with Crippen molar-refractivity contribution >= 4 is 11.7 Å². The molecule has 1 aromatic rings. The fourth-order valence-electron chi connectivity index (χ4n) is 2.94. The second-order valence-corrected chi connectivity index (χ2v) is 5.93. The van der Waals surface area contributed by atoms with Crippen LogP contribution in [-0.4, -0.2) is 29.6 Å². The predicted octanol–water partition coefficient (Wildman–Crippen LogP) is -0.905. The van der Waals surface area contributed by atoms with Gasteiger partial charge in [0.1, 0.15) is 13.2 Å². The van der Waals surface area contributed by atoms with Gasteiger partial charge in [-0.3, -0.25) is 0 Å². The highest BCUT2D eigenvalue weighted by atomic mass is 17.1. The Morgan fingerprint density at radius 2 is 2.00 bits per heavy atom. The first-order valence-corrected chi connectivity index (χ1v) is 8.21. The van der Waals surface area contributed by atoms with E-state index in [4.69, 9.17) is 9.94 Å². The van der Waals surface area contributed by atoms with Crippen LogP contribution in [0.4, 0.5) is 5.69 Å². The van der Waals surface area contributed by atoms with Crippen LogP contribution in [-0.2, 0) is 14.4 Å². The lowest BCUT2D eigenvalue weighted by Crippen LogP contribution is -3.03. The zero-order chi connectivity index (χ0) is 20.8. The van der Waals surface area contributed by atoms with Gasteiger partial charge in [0.15, 0.2) is 5.69 Å². The van der Waals surface area contributed by atoms with Crippen molar-refractivity contribution in [3.05, 3.63) is 62.8 Å². The molecule has 1 aliphatic heterocycles. The summed E-state index contributed by atoms with van der Waals surface area (Å²) < 4.78 is 5.09. The molecule has 0 saturated carbocycles. The third-order valence-corrected chi connectivity index (χ3v) is 4.11. The van der Waals surface area contributed by atoms with E-state index < -0.39 is 22.5 Å². The van der Waals surface area contributed by atoms with Gasteiger partial charge in [-0.25, -0.2) is 10.0 Å². The van der Waals surface area contributed by atoms with Gasteiger partial charge >= 0.3 is 5.97 Å². The molecule has 0 spiro atoms. The fraction of sp³-hybridized carbons (Fsp3) is 0.294. The molecule has 0 amide bonds. The number of nitriles is 1. The van der Waals surface area contributed by atoms with Crippen molar-refractivity contribution in [3.8, 4) is 6.07 Å². The molecule has 28 heavy (non-hydrogen) atoms. The molecule has 150 valence electrons. The van der Waals surface area contributed by atoms with Crippen molar-refractivity contribution in [1.82, 2.24) is 5.32 Å². The molecule has 0 bridgehead atoms. The first kappa shape index (κ1) is 21.5. The highest BCUT2D eigenvalue weighted by molar-refractivity contribution is 5.93. The number of allylic oxidation sites excluding steroid dienone is 3. The smallest absolute Gasteiger partial charge is 0.336 e. The molecule has 1 aromatic carbocycles. The molecule has 0 saturated heterocycles. The molecule has 0 aromatic heterocycles. The summed E-state index contributed by atoms with van der Waals surface area (Å²) in [7, 11) is 0. The van der Waals surface area contributed by atoms with Crippen molar-refractivity contribution in [3.63, 3.8) is 0 Å². The fourth-order valence-corrected chi connectivity index (χ4v) is 2.94. The van der Waals surface area contributed by atoms with Crippen molar-refractivity contribution in [2.75, 3.05) is 13.2 Å². The lowest BCUT2D eigenvalue weighted by Gasteiger charge is -2.28. The number of benzene rings is 1. The van der Waals surface area contributed by atoms with E-state index in [-0.39, 0.29) is 30.0 Å². The summed E-state index contributed by atoms with van der Waals surface area (Å²) in [4.78, 5) is 17.0. The topological polar surface area (TPSA) is 167 Å². The van der Waals surface area contributed by atoms with E-state index in [1.54, 1.807) is 19.9 Å². The van der Waals surface area contributed by atoms with E-state index >= 15 is 0 Å². The van der Waals surface area contributed by atoms with Gasteiger partial charge in [0, 0.05) is 23.5 Å². The first-order chi connectivity index (χ1) is 13.3. The minimum Gasteiger partial charge on any atom is -0.595 e. The standard InChI is InChI=1S/C17H20N4O7/c1-10-14(9-18)16(12-4-3-5-13(8-12)20(23)24)15(11(2)19-10)17(22)27-6-7-28-21(25)26/h3-5,8,16,19-21,23,25H,6-7H2,1-2H3/t16-/m1/s1. The third kappa shape index (κ3) is 4.91. The summed E-state index contributed by atoms with van der Waals surface area (Å²) in [6.07, 6.45) is 0. The van der Waals surface area contributed by atoms with Crippen LogP contribution in [0.15, 0.2) is 46.8 Å². The summed E-state index contributed by atoms with van der Waals surface area (Å²) in [5.41, 5.74) is 1.85. The average molecular weight is 392 g/mol. The number of nitrogens with zero attached hydrogens (tertiary/aromatic N) is 1. The zero-order valence-corrected chi connectivity index (χ0v) is 15.2. The van der Waals surface area contributed by atoms with Crippen molar-refractivity contribution in [2.45, 2.75) is 19.8 Å². The van der Waals surface area contributed by atoms with E-state index in [0.29, 0.717) is 17.0 Å². The van der Waals surface area contributed by atoms with Gasteiger partial charge in [0.2, 0.25) is 0 Å². The molecule has 11 nitrogen and oxygen atoms in total. The van der Waals surface area contributed by atoms with Crippen LogP contribution in [0.1, 0.15) is 25.3 Å². The van der Waals surface area contributed by atoms with Gasteiger partial charge in [-0.05, 0) is 19.4 Å². The van der Waals surface area contributed by atoms with Gasteiger partial charge in [-0.2, -0.15) is 20.5 Å². The molecule has 0 aliphatic carbocycles. The maximum absolute atomic E-state index is 12.7. The second kappa shape index (κ2) is 9.40. The van der Waals surface area contributed by atoms with E-state index in [1.807, 2.05) is 0 Å². The summed E-state index contributed by atoms with van der Waals surface area (Å²) in [6, 6.07) is 8.03. The molecule has 3 atom stereocenters. The first-order valence-electron chi connectivity index (χ1n) is 8.21. The van der Waals surface area contributed by atoms with Crippen LogP contribution >= 0.6 is 0 Å². The summed E-state index contributed by atoms with van der Waals surface area (Å²) in [5, 5.41) is 49.3. The van der Waals surface area contributed by atoms with Gasteiger partial charge in [0.25, 0.3) is 0 Å². The van der Waals surface area contributed by atoms with Crippen LogP contribution in [0.2, 0.25) is 0 Å². The number of hydrogen-bond donors (Lipinski definition) is 5. The molecule has 5 N–H and O–H groups in total. The summed E-state index contributed by atoms with van der Waals surface area (Å²) in [5.74, 6) is -1.58. The normalized spacial score (nSPS) is 19.0. The summed E-state index contributed by atoms with van der Waals surface area (Å²) >= 11 is 0. The minimum atomic E-state index is -1.49. The van der Waals surface area contributed by atoms with E-state index in [2.05, 4.69) is 16.2 Å². The van der Waals surface area contributed by atoms with Crippen LogP contribution in [0.25, 0.3) is 0 Å². The number of esters is 1. The lowest BCUT2D eigenvalue weighted by atomic mass is 9.81. The predicted molar refractivity (Wildman–Crippen MR) is 92.1 cm³/mol. The average Bonchev–Trinajstić information content (AvgIpc) is 2.64. The van der Waals surface area contributed by atoms with Gasteiger partial charge in [0.05, 0.1) is 23.1 Å².